The quantitative estimate of drug-likeness (QED) is 0.140. The number of pyridine rings is 1. The predicted molar refractivity (Wildman–Crippen MR) is 163 cm³/mol. The van der Waals surface area contributed by atoms with Crippen molar-refractivity contribution in [1.82, 2.24) is 14.8 Å². The lowest BCUT2D eigenvalue weighted by molar-refractivity contribution is -0.137. The van der Waals surface area contributed by atoms with E-state index < -0.39 is 29.3 Å². The molecule has 5 rings (SSSR count). The monoisotopic (exact) mass is 595 g/mol. The van der Waals surface area contributed by atoms with Gasteiger partial charge in [0.05, 0.1) is 11.3 Å². The first-order valence-corrected chi connectivity index (χ1v) is 14.0. The maximum atomic E-state index is 14.0. The van der Waals surface area contributed by atoms with Crippen molar-refractivity contribution in [2.24, 2.45) is 0 Å². The van der Waals surface area contributed by atoms with Crippen LogP contribution in [-0.2, 0) is 6.18 Å². The van der Waals surface area contributed by atoms with Crippen LogP contribution in [0.1, 0.15) is 12.0 Å². The molecule has 5 N–H and O–H groups in total. The third kappa shape index (κ3) is 7.51. The Kier molecular flexibility index (Phi) is 8.97. The Balaban J connectivity index is 1.25. The van der Waals surface area contributed by atoms with Crippen LogP contribution in [0.15, 0.2) is 66.7 Å². The fourth-order valence-electron chi connectivity index (χ4n) is 5.08. The number of carbonyl (C=O) groups is 1. The number of benzene rings is 3. The lowest BCUT2D eigenvalue weighted by Gasteiger charge is -2.32. The van der Waals surface area contributed by atoms with Gasteiger partial charge in [-0.15, -0.1) is 0 Å². The molecule has 0 bridgehead atoms. The van der Waals surface area contributed by atoms with Crippen LogP contribution in [0.25, 0.3) is 21.9 Å². The number of nitrogens with one attached hydrogen (secondary N) is 3. The number of carbonyl (C=O) groups excluding carboxylic acids is 1. The van der Waals surface area contributed by atoms with Gasteiger partial charge in [0.2, 0.25) is 0 Å². The number of rotatable bonds is 8. The van der Waals surface area contributed by atoms with Crippen molar-refractivity contribution in [3.63, 3.8) is 0 Å². The number of piperazine rings is 1. The van der Waals surface area contributed by atoms with E-state index >= 15 is 0 Å². The number of hydrogen-bond acceptors (Lipinski definition) is 6. The molecule has 0 atom stereocenters. The second kappa shape index (κ2) is 12.8. The van der Waals surface area contributed by atoms with Crippen molar-refractivity contribution < 1.29 is 22.4 Å². The van der Waals surface area contributed by atoms with Gasteiger partial charge >= 0.3 is 12.2 Å². The molecule has 12 heteroatoms. The van der Waals surface area contributed by atoms with Crippen molar-refractivity contribution >= 4 is 39.8 Å². The summed E-state index contributed by atoms with van der Waals surface area (Å²) < 4.78 is 53.0. The van der Waals surface area contributed by atoms with Crippen LogP contribution < -0.4 is 21.7 Å². The van der Waals surface area contributed by atoms with Crippen LogP contribution in [0, 0.1) is 5.82 Å². The summed E-state index contributed by atoms with van der Waals surface area (Å²) in [6, 6.07) is 15.6. The van der Waals surface area contributed by atoms with Gasteiger partial charge in [-0.3, -0.25) is 0 Å². The van der Waals surface area contributed by atoms with Crippen LogP contribution in [-0.4, -0.2) is 67.1 Å². The molecular weight excluding hydrogens is 562 g/mol. The van der Waals surface area contributed by atoms with E-state index in [0.717, 1.165) is 67.6 Å². The highest BCUT2D eigenvalue weighted by Gasteiger charge is 2.31. The molecule has 0 saturated carbocycles. The van der Waals surface area contributed by atoms with Gasteiger partial charge in [0.15, 0.2) is 0 Å². The van der Waals surface area contributed by atoms with E-state index in [1.54, 1.807) is 24.3 Å². The number of anilines is 4. The minimum absolute atomic E-state index is 0.373. The molecular formula is C31H33F4N7O. The first-order valence-electron chi connectivity index (χ1n) is 14.0. The van der Waals surface area contributed by atoms with E-state index in [2.05, 4.69) is 37.8 Å². The number of nitrogens with two attached hydrogens (primary N) is 1. The molecule has 43 heavy (non-hydrogen) atoms. The molecule has 1 aromatic heterocycles. The first kappa shape index (κ1) is 30.1. The molecule has 4 aromatic rings. The zero-order valence-corrected chi connectivity index (χ0v) is 23.6. The Morgan fingerprint density at radius 2 is 1.70 bits per heavy atom. The van der Waals surface area contributed by atoms with Crippen molar-refractivity contribution in [1.29, 1.82) is 0 Å². The van der Waals surface area contributed by atoms with Gasteiger partial charge in [-0.1, -0.05) is 30.3 Å². The van der Waals surface area contributed by atoms with Crippen molar-refractivity contribution in [2.45, 2.75) is 12.6 Å². The zero-order valence-electron chi connectivity index (χ0n) is 23.6. The Morgan fingerprint density at radius 3 is 2.42 bits per heavy atom. The van der Waals surface area contributed by atoms with Crippen LogP contribution in [0.4, 0.5) is 45.4 Å². The second-order valence-corrected chi connectivity index (χ2v) is 10.6. The van der Waals surface area contributed by atoms with Gasteiger partial charge in [0, 0.05) is 43.8 Å². The average Bonchev–Trinajstić information content (AvgIpc) is 2.97. The number of nitrogens with zero attached hydrogens (tertiary/aromatic N) is 3. The smallest absolute Gasteiger partial charge is 0.384 e. The first-order chi connectivity index (χ1) is 20.6. The molecule has 1 fully saturated rings. The SMILES string of the molecule is CN1CCN(CCCNc2nc(N)cc3c(-c4ccc(NC(=O)Nc5cc(C(F)(F)F)ccc5F)cc4)cccc23)CC1. The highest BCUT2D eigenvalue weighted by Crippen LogP contribution is 2.34. The Bertz CT molecular complexity index is 1590. The molecule has 2 heterocycles. The Hall–Kier alpha value is -4.42. The molecule has 1 aliphatic rings. The van der Waals surface area contributed by atoms with E-state index in [9.17, 15) is 22.4 Å². The average molecular weight is 596 g/mol. The number of hydrogen-bond donors (Lipinski definition) is 4. The summed E-state index contributed by atoms with van der Waals surface area (Å²) in [4.78, 5) is 21.8. The summed E-state index contributed by atoms with van der Waals surface area (Å²) in [5.41, 5.74) is 6.68. The van der Waals surface area contributed by atoms with E-state index in [0.29, 0.717) is 35.5 Å². The molecule has 0 aliphatic carbocycles. The third-order valence-corrected chi connectivity index (χ3v) is 7.43. The van der Waals surface area contributed by atoms with Crippen molar-refractivity contribution in [3.8, 4) is 11.1 Å². The van der Waals surface area contributed by atoms with Crippen LogP contribution in [0.3, 0.4) is 0 Å². The molecule has 3 aromatic carbocycles. The van der Waals surface area contributed by atoms with Crippen LogP contribution in [0.5, 0.6) is 0 Å². The number of alkyl halides is 3. The molecule has 8 nitrogen and oxygen atoms in total. The summed E-state index contributed by atoms with van der Waals surface area (Å²) in [6.07, 6.45) is -3.69. The summed E-state index contributed by atoms with van der Waals surface area (Å²) in [6.45, 7) is 6.09. The molecule has 0 radical (unpaired) electrons. The molecule has 1 aliphatic heterocycles. The lowest BCUT2D eigenvalue weighted by Crippen LogP contribution is -2.44. The van der Waals surface area contributed by atoms with Crippen molar-refractivity contribution in [3.05, 3.63) is 78.1 Å². The van der Waals surface area contributed by atoms with E-state index in [1.165, 1.54) is 0 Å². The van der Waals surface area contributed by atoms with Gasteiger partial charge in [0.1, 0.15) is 17.5 Å². The van der Waals surface area contributed by atoms with Gasteiger partial charge in [0.25, 0.3) is 0 Å². The van der Waals surface area contributed by atoms with Crippen LogP contribution >= 0.6 is 0 Å². The minimum Gasteiger partial charge on any atom is -0.384 e. The normalized spacial score (nSPS) is 14.5. The number of amides is 2. The fraction of sp³-hybridized carbons (Fsp3) is 0.290. The standard InChI is InChI=1S/C31H33F4N7O/c1-41-14-16-42(17-15-41)13-3-12-37-29-24-5-2-4-23(25(24)19-28(36)40-29)20-6-9-22(10-7-20)38-30(43)39-27-18-21(31(33,34)35)8-11-26(27)32/h2,4-11,18-19H,3,12-17H2,1H3,(H3,36,37,40)(H2,38,39,43). The summed E-state index contributed by atoms with van der Waals surface area (Å²) in [5, 5.41) is 9.95. The maximum Gasteiger partial charge on any atom is 0.416 e. The zero-order chi connectivity index (χ0) is 30.6. The highest BCUT2D eigenvalue weighted by atomic mass is 19.4. The van der Waals surface area contributed by atoms with E-state index in [-0.39, 0.29) is 0 Å². The van der Waals surface area contributed by atoms with Gasteiger partial charge in [-0.05, 0) is 72.9 Å². The summed E-state index contributed by atoms with van der Waals surface area (Å²) >= 11 is 0. The number of halogens is 4. The van der Waals surface area contributed by atoms with Crippen LogP contribution in [0.2, 0.25) is 0 Å². The molecule has 226 valence electrons. The van der Waals surface area contributed by atoms with Gasteiger partial charge in [-0.25, -0.2) is 14.2 Å². The minimum atomic E-state index is -4.67. The Morgan fingerprint density at radius 1 is 0.953 bits per heavy atom. The number of nitrogen functional groups attached to an aromatic ring is 1. The summed E-state index contributed by atoms with van der Waals surface area (Å²) in [7, 11) is 2.14. The lowest BCUT2D eigenvalue weighted by atomic mass is 9.98. The number of urea groups is 1. The fourth-order valence-corrected chi connectivity index (χ4v) is 5.08. The molecule has 2 amide bonds. The number of aromatic nitrogens is 1. The molecule has 0 unspecified atom stereocenters. The topological polar surface area (TPSA) is 98.6 Å². The summed E-state index contributed by atoms with van der Waals surface area (Å²) in [5.74, 6) is 0.123. The highest BCUT2D eigenvalue weighted by molar-refractivity contribution is 6.04. The number of likely N-dealkylation sites (N-methyl/N-ethyl adjacent to an activating group) is 1. The van der Waals surface area contributed by atoms with E-state index in [4.69, 9.17) is 5.73 Å². The maximum absolute atomic E-state index is 14.0. The Labute approximate surface area is 246 Å². The predicted octanol–water partition coefficient (Wildman–Crippen LogP) is 6.34. The molecule has 0 spiro atoms. The second-order valence-electron chi connectivity index (χ2n) is 10.6. The van der Waals surface area contributed by atoms with Gasteiger partial charge < -0.3 is 31.5 Å². The van der Waals surface area contributed by atoms with Crippen molar-refractivity contribution in [2.75, 3.05) is 68.0 Å². The number of fused-ring (bicyclic) bond motifs is 1. The van der Waals surface area contributed by atoms with Gasteiger partial charge in [-0.2, -0.15) is 13.2 Å². The largest absolute Gasteiger partial charge is 0.416 e. The third-order valence-electron chi connectivity index (χ3n) is 7.43. The molecule has 1 saturated heterocycles. The van der Waals surface area contributed by atoms with E-state index in [1.807, 2.05) is 24.3 Å².